The second kappa shape index (κ2) is 7.35. The number of hydrogen-bond donors (Lipinski definition) is 0. The molecule has 3 rings (SSSR count). The van der Waals surface area contributed by atoms with E-state index in [1.54, 1.807) is 0 Å². The van der Waals surface area contributed by atoms with Crippen LogP contribution in [0.1, 0.15) is 5.69 Å². The standard InChI is InChI=1S/C17H18F3N3O3S/c1-13-5-4-8-16(21-13)22-9-11-23(12-10-22)27(24,25)15-7-3-2-6-14(15)26-17(18,19)20/h2-8H,9-12H2,1H3. The van der Waals surface area contributed by atoms with E-state index in [1.807, 2.05) is 30.0 Å². The van der Waals surface area contributed by atoms with E-state index in [2.05, 4.69) is 9.72 Å². The summed E-state index contributed by atoms with van der Waals surface area (Å²) in [6.07, 6.45) is -4.97. The van der Waals surface area contributed by atoms with Crippen molar-refractivity contribution in [1.29, 1.82) is 0 Å². The number of alkyl halides is 3. The summed E-state index contributed by atoms with van der Waals surface area (Å²) in [7, 11) is -4.12. The van der Waals surface area contributed by atoms with Crippen molar-refractivity contribution in [2.24, 2.45) is 0 Å². The summed E-state index contributed by atoms with van der Waals surface area (Å²) < 4.78 is 68.5. The molecule has 10 heteroatoms. The molecule has 1 aliphatic rings. The van der Waals surface area contributed by atoms with Crippen LogP contribution in [-0.2, 0) is 10.0 Å². The minimum atomic E-state index is -4.97. The van der Waals surface area contributed by atoms with Gasteiger partial charge in [-0.05, 0) is 31.2 Å². The van der Waals surface area contributed by atoms with Gasteiger partial charge in [-0.1, -0.05) is 18.2 Å². The zero-order chi connectivity index (χ0) is 19.7. The van der Waals surface area contributed by atoms with Crippen molar-refractivity contribution in [3.05, 3.63) is 48.2 Å². The lowest BCUT2D eigenvalue weighted by atomic mass is 10.3. The van der Waals surface area contributed by atoms with E-state index in [0.717, 1.165) is 27.9 Å². The molecule has 0 bridgehead atoms. The molecule has 0 aliphatic carbocycles. The van der Waals surface area contributed by atoms with Gasteiger partial charge in [-0.3, -0.25) is 0 Å². The minimum absolute atomic E-state index is 0.137. The third kappa shape index (κ3) is 4.51. The molecular weight excluding hydrogens is 383 g/mol. The number of piperazine rings is 1. The molecule has 0 radical (unpaired) electrons. The molecule has 2 heterocycles. The van der Waals surface area contributed by atoms with Gasteiger partial charge in [0.1, 0.15) is 16.5 Å². The van der Waals surface area contributed by atoms with E-state index in [0.29, 0.717) is 13.1 Å². The quantitative estimate of drug-likeness (QED) is 0.789. The number of ether oxygens (including phenoxy) is 1. The van der Waals surface area contributed by atoms with E-state index in [1.165, 1.54) is 12.1 Å². The van der Waals surface area contributed by atoms with Gasteiger partial charge in [-0.15, -0.1) is 13.2 Å². The average molecular weight is 401 g/mol. The van der Waals surface area contributed by atoms with Crippen molar-refractivity contribution in [2.75, 3.05) is 31.1 Å². The number of para-hydroxylation sites is 1. The lowest BCUT2D eigenvalue weighted by molar-refractivity contribution is -0.275. The molecule has 0 N–H and O–H groups in total. The smallest absolute Gasteiger partial charge is 0.404 e. The molecule has 6 nitrogen and oxygen atoms in total. The van der Waals surface area contributed by atoms with Gasteiger partial charge in [0.25, 0.3) is 0 Å². The van der Waals surface area contributed by atoms with Crippen molar-refractivity contribution in [3.8, 4) is 5.75 Å². The molecule has 1 fully saturated rings. The first-order valence-corrected chi connectivity index (χ1v) is 9.64. The Bertz CT molecular complexity index is 911. The molecule has 0 unspecified atom stereocenters. The maximum Gasteiger partial charge on any atom is 0.573 e. The van der Waals surface area contributed by atoms with E-state index in [4.69, 9.17) is 0 Å². The molecular formula is C17H18F3N3O3S. The third-order valence-electron chi connectivity index (χ3n) is 4.13. The summed E-state index contributed by atoms with van der Waals surface area (Å²) in [4.78, 5) is 5.86. The Hall–Kier alpha value is -2.33. The molecule has 27 heavy (non-hydrogen) atoms. The first kappa shape index (κ1) is 19.4. The van der Waals surface area contributed by atoms with Crippen LogP contribution in [0.5, 0.6) is 5.75 Å². The monoisotopic (exact) mass is 401 g/mol. The Balaban J connectivity index is 1.78. The van der Waals surface area contributed by atoms with E-state index < -0.39 is 27.0 Å². The van der Waals surface area contributed by atoms with E-state index in [-0.39, 0.29) is 13.1 Å². The summed E-state index contributed by atoms with van der Waals surface area (Å²) in [6.45, 7) is 2.91. The van der Waals surface area contributed by atoms with Gasteiger partial charge < -0.3 is 9.64 Å². The zero-order valence-corrected chi connectivity index (χ0v) is 15.3. The lowest BCUT2D eigenvalue weighted by Crippen LogP contribution is -2.49. The van der Waals surface area contributed by atoms with Crippen LogP contribution in [0.25, 0.3) is 0 Å². The summed E-state index contributed by atoms with van der Waals surface area (Å²) in [5, 5.41) is 0. The summed E-state index contributed by atoms with van der Waals surface area (Å²) in [6, 6.07) is 10.3. The van der Waals surface area contributed by atoms with Crippen LogP contribution in [0, 0.1) is 6.92 Å². The number of anilines is 1. The molecule has 0 atom stereocenters. The Kier molecular flexibility index (Phi) is 5.29. The Morgan fingerprint density at radius 3 is 2.30 bits per heavy atom. The molecule has 0 amide bonds. The van der Waals surface area contributed by atoms with Gasteiger partial charge in [-0.25, -0.2) is 13.4 Å². The zero-order valence-electron chi connectivity index (χ0n) is 14.5. The number of benzene rings is 1. The van der Waals surface area contributed by atoms with Crippen molar-refractivity contribution >= 4 is 15.8 Å². The van der Waals surface area contributed by atoms with E-state index in [9.17, 15) is 21.6 Å². The van der Waals surface area contributed by atoms with E-state index >= 15 is 0 Å². The number of sulfonamides is 1. The number of rotatable bonds is 4. The number of halogens is 3. The summed E-state index contributed by atoms with van der Waals surface area (Å²) in [5.41, 5.74) is 0.848. The third-order valence-corrected chi connectivity index (χ3v) is 6.07. The predicted octanol–water partition coefficient (Wildman–Crippen LogP) is 2.80. The van der Waals surface area contributed by atoms with Crippen LogP contribution in [-0.4, -0.2) is 50.2 Å². The largest absolute Gasteiger partial charge is 0.573 e. The highest BCUT2D eigenvalue weighted by molar-refractivity contribution is 7.89. The highest BCUT2D eigenvalue weighted by atomic mass is 32.2. The Morgan fingerprint density at radius 2 is 1.67 bits per heavy atom. The topological polar surface area (TPSA) is 62.7 Å². The molecule has 2 aromatic rings. The number of hydrogen-bond acceptors (Lipinski definition) is 5. The molecule has 146 valence electrons. The van der Waals surface area contributed by atoms with Gasteiger partial charge in [-0.2, -0.15) is 4.31 Å². The fourth-order valence-corrected chi connectivity index (χ4v) is 4.41. The maximum atomic E-state index is 12.8. The fraction of sp³-hybridized carbons (Fsp3) is 0.353. The van der Waals surface area contributed by atoms with Gasteiger partial charge in [0, 0.05) is 31.9 Å². The average Bonchev–Trinajstić information content (AvgIpc) is 2.61. The molecule has 1 aromatic carbocycles. The number of aromatic nitrogens is 1. The van der Waals surface area contributed by atoms with Gasteiger partial charge in [0.2, 0.25) is 10.0 Å². The number of aryl methyl sites for hydroxylation is 1. The van der Waals surface area contributed by atoms with Crippen LogP contribution < -0.4 is 9.64 Å². The SMILES string of the molecule is Cc1cccc(N2CCN(S(=O)(=O)c3ccccc3OC(F)(F)F)CC2)n1. The molecule has 0 saturated carbocycles. The minimum Gasteiger partial charge on any atom is -0.404 e. The van der Waals surface area contributed by atoms with Crippen molar-refractivity contribution in [1.82, 2.24) is 9.29 Å². The second-order valence-electron chi connectivity index (χ2n) is 6.02. The summed E-state index contributed by atoms with van der Waals surface area (Å²) in [5.74, 6) is 0.0145. The first-order valence-electron chi connectivity index (χ1n) is 8.20. The molecule has 0 spiro atoms. The van der Waals surface area contributed by atoms with Crippen LogP contribution >= 0.6 is 0 Å². The second-order valence-corrected chi connectivity index (χ2v) is 7.93. The lowest BCUT2D eigenvalue weighted by Gasteiger charge is -2.35. The highest BCUT2D eigenvalue weighted by Crippen LogP contribution is 2.31. The van der Waals surface area contributed by atoms with Gasteiger partial charge in [0.15, 0.2) is 0 Å². The van der Waals surface area contributed by atoms with Gasteiger partial charge >= 0.3 is 6.36 Å². The Labute approximate surface area is 155 Å². The van der Waals surface area contributed by atoms with Crippen LogP contribution in [0.15, 0.2) is 47.4 Å². The van der Waals surface area contributed by atoms with Crippen molar-refractivity contribution in [2.45, 2.75) is 18.2 Å². The summed E-state index contributed by atoms with van der Waals surface area (Å²) >= 11 is 0. The maximum absolute atomic E-state index is 12.8. The van der Waals surface area contributed by atoms with Crippen LogP contribution in [0.4, 0.5) is 19.0 Å². The number of pyridine rings is 1. The molecule has 1 aliphatic heterocycles. The molecule has 1 saturated heterocycles. The Morgan fingerprint density at radius 1 is 1.00 bits per heavy atom. The predicted molar refractivity (Wildman–Crippen MR) is 93.1 cm³/mol. The normalized spacial score (nSPS) is 16.4. The van der Waals surface area contributed by atoms with Gasteiger partial charge in [0.05, 0.1) is 0 Å². The van der Waals surface area contributed by atoms with Crippen molar-refractivity contribution in [3.63, 3.8) is 0 Å². The molecule has 1 aromatic heterocycles. The van der Waals surface area contributed by atoms with Crippen LogP contribution in [0.3, 0.4) is 0 Å². The first-order chi connectivity index (χ1) is 12.7. The number of nitrogens with zero attached hydrogens (tertiary/aromatic N) is 3. The van der Waals surface area contributed by atoms with Crippen molar-refractivity contribution < 1.29 is 26.3 Å². The fourth-order valence-electron chi connectivity index (χ4n) is 2.87. The highest BCUT2D eigenvalue weighted by Gasteiger charge is 2.36. The van der Waals surface area contributed by atoms with Crippen LogP contribution in [0.2, 0.25) is 0 Å².